The second-order valence-electron chi connectivity index (χ2n) is 7.82. The summed E-state index contributed by atoms with van der Waals surface area (Å²) in [6.45, 7) is 4.62. The average molecular weight is 356 g/mol. The Morgan fingerprint density at radius 1 is 0.923 bits per heavy atom. The summed E-state index contributed by atoms with van der Waals surface area (Å²) < 4.78 is 0. The van der Waals surface area contributed by atoms with Crippen LogP contribution in [-0.2, 0) is 17.6 Å². The Bertz CT molecular complexity index is 659. The zero-order valence-corrected chi connectivity index (χ0v) is 15.3. The van der Waals surface area contributed by atoms with Crippen molar-refractivity contribution in [3.63, 3.8) is 0 Å². The first-order chi connectivity index (χ1) is 12.6. The lowest BCUT2D eigenvalue weighted by Gasteiger charge is -2.40. The Morgan fingerprint density at radius 3 is 2.19 bits per heavy atom. The number of fused-ring (bicyclic) bond motifs is 1. The van der Waals surface area contributed by atoms with Crippen molar-refractivity contribution in [2.24, 2.45) is 11.7 Å². The maximum absolute atomic E-state index is 12.9. The van der Waals surface area contributed by atoms with Gasteiger partial charge in [-0.2, -0.15) is 0 Å². The van der Waals surface area contributed by atoms with Crippen LogP contribution in [0.25, 0.3) is 0 Å². The monoisotopic (exact) mass is 356 g/mol. The fourth-order valence-corrected chi connectivity index (χ4v) is 4.74. The first-order valence-electron chi connectivity index (χ1n) is 9.76. The van der Waals surface area contributed by atoms with Gasteiger partial charge >= 0.3 is 6.03 Å². The number of likely N-dealkylation sites (tertiary alicyclic amines) is 1. The molecule has 1 atom stereocenters. The number of nitrogens with zero attached hydrogens (tertiary/aromatic N) is 3. The van der Waals surface area contributed by atoms with Crippen LogP contribution < -0.4 is 5.73 Å². The van der Waals surface area contributed by atoms with E-state index in [9.17, 15) is 9.59 Å². The Labute approximate surface area is 154 Å². The minimum Gasteiger partial charge on any atom is -0.351 e. The van der Waals surface area contributed by atoms with Gasteiger partial charge < -0.3 is 15.5 Å². The van der Waals surface area contributed by atoms with Crippen LogP contribution >= 0.6 is 0 Å². The molecule has 2 heterocycles. The number of benzene rings is 1. The zero-order valence-electron chi connectivity index (χ0n) is 15.3. The van der Waals surface area contributed by atoms with Crippen molar-refractivity contribution in [2.45, 2.75) is 31.7 Å². The fraction of sp³-hybridized carbons (Fsp3) is 0.600. The molecule has 1 aromatic carbocycles. The largest absolute Gasteiger partial charge is 0.351 e. The van der Waals surface area contributed by atoms with Gasteiger partial charge in [0.15, 0.2) is 0 Å². The van der Waals surface area contributed by atoms with Gasteiger partial charge in [0.1, 0.15) is 0 Å². The first-order valence-corrected chi connectivity index (χ1v) is 9.76. The van der Waals surface area contributed by atoms with Crippen LogP contribution in [0.4, 0.5) is 4.79 Å². The van der Waals surface area contributed by atoms with E-state index < -0.39 is 6.03 Å². The minimum atomic E-state index is -0.409. The molecule has 3 aliphatic rings. The van der Waals surface area contributed by atoms with E-state index in [1.54, 1.807) is 4.90 Å². The number of carbonyl (C=O) groups excluding carboxylic acids is 2. The highest BCUT2D eigenvalue weighted by molar-refractivity contribution is 5.80. The normalized spacial score (nSPS) is 24.5. The first kappa shape index (κ1) is 17.3. The molecule has 2 N–H and O–H groups in total. The number of piperidine rings is 1. The van der Waals surface area contributed by atoms with Crippen LogP contribution in [0.1, 0.15) is 24.0 Å². The summed E-state index contributed by atoms with van der Waals surface area (Å²) in [6.07, 6.45) is 3.97. The maximum Gasteiger partial charge on any atom is 0.314 e. The van der Waals surface area contributed by atoms with E-state index in [4.69, 9.17) is 5.73 Å². The number of amides is 3. The SMILES string of the molecule is NC(=O)N1CCC[C@H](C(=O)N2CCN(C3Cc4ccccc4C3)CC2)C1. The third-order valence-electron chi connectivity index (χ3n) is 6.25. The van der Waals surface area contributed by atoms with Crippen molar-refractivity contribution in [1.29, 1.82) is 0 Å². The third-order valence-corrected chi connectivity index (χ3v) is 6.25. The molecule has 0 saturated carbocycles. The van der Waals surface area contributed by atoms with Crippen LogP contribution in [0.15, 0.2) is 24.3 Å². The van der Waals surface area contributed by atoms with Crippen molar-refractivity contribution in [3.8, 4) is 0 Å². The highest BCUT2D eigenvalue weighted by Gasteiger charge is 2.34. The van der Waals surface area contributed by atoms with Gasteiger partial charge in [0, 0.05) is 45.3 Å². The highest BCUT2D eigenvalue weighted by atomic mass is 16.2. The standard InChI is InChI=1S/C20H28N4O2/c21-20(26)24-7-3-6-17(14-24)19(25)23-10-8-22(9-11-23)18-12-15-4-1-2-5-16(15)13-18/h1-2,4-5,17-18H,3,6-14H2,(H2,21,26)/t17-/m0/s1. The van der Waals surface area contributed by atoms with Crippen molar-refractivity contribution >= 4 is 11.9 Å². The number of rotatable bonds is 2. The Balaban J connectivity index is 1.30. The second-order valence-corrected chi connectivity index (χ2v) is 7.82. The van der Waals surface area contributed by atoms with Crippen LogP contribution in [-0.4, -0.2) is 71.9 Å². The van der Waals surface area contributed by atoms with Crippen LogP contribution in [0.2, 0.25) is 0 Å². The predicted octanol–water partition coefficient (Wildman–Crippen LogP) is 1.09. The molecule has 1 aromatic rings. The number of primary amides is 1. The Kier molecular flexibility index (Phi) is 4.85. The molecule has 4 rings (SSSR count). The van der Waals surface area contributed by atoms with Crippen molar-refractivity contribution in [3.05, 3.63) is 35.4 Å². The lowest BCUT2D eigenvalue weighted by atomic mass is 9.96. The fourth-order valence-electron chi connectivity index (χ4n) is 4.74. The summed E-state index contributed by atoms with van der Waals surface area (Å²) in [5.41, 5.74) is 8.34. The average Bonchev–Trinajstić information content (AvgIpc) is 3.12. The summed E-state index contributed by atoms with van der Waals surface area (Å²) >= 11 is 0. The molecular weight excluding hydrogens is 328 g/mol. The molecule has 0 spiro atoms. The van der Waals surface area contributed by atoms with E-state index in [1.807, 2.05) is 4.90 Å². The topological polar surface area (TPSA) is 69.9 Å². The van der Waals surface area contributed by atoms with Gasteiger partial charge in [-0.1, -0.05) is 24.3 Å². The van der Waals surface area contributed by atoms with E-state index in [-0.39, 0.29) is 11.8 Å². The van der Waals surface area contributed by atoms with Gasteiger partial charge in [-0.25, -0.2) is 4.79 Å². The maximum atomic E-state index is 12.9. The molecular formula is C20H28N4O2. The van der Waals surface area contributed by atoms with E-state index in [0.29, 0.717) is 19.1 Å². The van der Waals surface area contributed by atoms with Crippen LogP contribution in [0.3, 0.4) is 0 Å². The van der Waals surface area contributed by atoms with Crippen LogP contribution in [0, 0.1) is 5.92 Å². The van der Waals surface area contributed by atoms with E-state index in [2.05, 4.69) is 29.2 Å². The van der Waals surface area contributed by atoms with Gasteiger partial charge in [0.25, 0.3) is 0 Å². The van der Waals surface area contributed by atoms with Crippen molar-refractivity contribution < 1.29 is 9.59 Å². The number of hydrogen-bond acceptors (Lipinski definition) is 3. The Hall–Kier alpha value is -2.08. The summed E-state index contributed by atoms with van der Waals surface area (Å²) in [6, 6.07) is 8.89. The number of nitrogens with two attached hydrogens (primary N) is 1. The molecule has 3 amide bonds. The van der Waals surface area contributed by atoms with E-state index >= 15 is 0 Å². The number of urea groups is 1. The van der Waals surface area contributed by atoms with Crippen LogP contribution in [0.5, 0.6) is 0 Å². The summed E-state index contributed by atoms with van der Waals surface area (Å²) in [5, 5.41) is 0. The molecule has 140 valence electrons. The summed E-state index contributed by atoms with van der Waals surface area (Å²) in [7, 11) is 0. The number of carbonyl (C=O) groups is 2. The molecule has 6 nitrogen and oxygen atoms in total. The van der Waals surface area contributed by atoms with E-state index in [0.717, 1.165) is 51.9 Å². The molecule has 0 aromatic heterocycles. The molecule has 1 aliphatic carbocycles. The van der Waals surface area contributed by atoms with Gasteiger partial charge in [-0.3, -0.25) is 9.69 Å². The highest BCUT2D eigenvalue weighted by Crippen LogP contribution is 2.26. The molecule has 2 fully saturated rings. The lowest BCUT2D eigenvalue weighted by Crippen LogP contribution is -2.55. The summed E-state index contributed by atoms with van der Waals surface area (Å²) in [4.78, 5) is 30.4. The van der Waals surface area contributed by atoms with Gasteiger partial charge in [-0.15, -0.1) is 0 Å². The van der Waals surface area contributed by atoms with Gasteiger partial charge in [0.2, 0.25) is 5.91 Å². The molecule has 2 saturated heterocycles. The third kappa shape index (κ3) is 3.43. The number of piperazine rings is 1. The molecule has 2 aliphatic heterocycles. The second kappa shape index (κ2) is 7.27. The number of hydrogen-bond donors (Lipinski definition) is 1. The lowest BCUT2D eigenvalue weighted by molar-refractivity contribution is -0.139. The van der Waals surface area contributed by atoms with Crippen molar-refractivity contribution in [1.82, 2.24) is 14.7 Å². The predicted molar refractivity (Wildman–Crippen MR) is 99.7 cm³/mol. The van der Waals surface area contributed by atoms with Gasteiger partial charge in [0.05, 0.1) is 5.92 Å². The minimum absolute atomic E-state index is 0.0847. The molecule has 0 unspecified atom stereocenters. The smallest absolute Gasteiger partial charge is 0.314 e. The summed E-state index contributed by atoms with van der Waals surface area (Å²) in [5.74, 6) is 0.115. The molecule has 0 bridgehead atoms. The Morgan fingerprint density at radius 2 is 1.58 bits per heavy atom. The van der Waals surface area contributed by atoms with E-state index in [1.165, 1.54) is 11.1 Å². The quantitative estimate of drug-likeness (QED) is 0.862. The molecule has 26 heavy (non-hydrogen) atoms. The van der Waals surface area contributed by atoms with Gasteiger partial charge in [-0.05, 0) is 36.8 Å². The molecule has 6 heteroatoms. The molecule has 0 radical (unpaired) electrons. The zero-order chi connectivity index (χ0) is 18.1. The van der Waals surface area contributed by atoms with Crippen molar-refractivity contribution in [2.75, 3.05) is 39.3 Å².